The third-order valence-corrected chi connectivity index (χ3v) is 3.77. The fraction of sp³-hybridized carbons (Fsp3) is 0.533. The normalized spacial score (nSPS) is 16.2. The van der Waals surface area contributed by atoms with Gasteiger partial charge < -0.3 is 20.5 Å². The summed E-state index contributed by atoms with van der Waals surface area (Å²) in [6.07, 6.45) is 1.73. The molecule has 0 aromatic heterocycles. The zero-order valence-electron chi connectivity index (χ0n) is 11.6. The van der Waals surface area contributed by atoms with Crippen LogP contribution in [0, 0.1) is 5.92 Å². The molecule has 110 valence electrons. The van der Waals surface area contributed by atoms with Crippen LogP contribution in [0.15, 0.2) is 24.3 Å². The molecule has 1 heterocycles. The molecule has 0 radical (unpaired) electrons. The number of hydrogen-bond donors (Lipinski definition) is 2. The highest BCUT2D eigenvalue weighted by Gasteiger charge is 2.22. The molecule has 2 rings (SSSR count). The number of aliphatic hydroxyl groups excluding tert-OH is 1. The Hall–Kier alpha value is -1.59. The van der Waals surface area contributed by atoms with E-state index in [0.29, 0.717) is 31.3 Å². The number of carbonyl (C=O) groups is 1. The first kappa shape index (κ1) is 14.8. The van der Waals surface area contributed by atoms with Crippen molar-refractivity contribution in [3.8, 4) is 5.75 Å². The molecule has 0 atom stereocenters. The molecule has 5 heteroatoms. The number of para-hydroxylation sites is 1. The lowest BCUT2D eigenvalue weighted by Crippen LogP contribution is -2.41. The van der Waals surface area contributed by atoms with Gasteiger partial charge in [-0.2, -0.15) is 0 Å². The number of amides is 1. The SMILES string of the molecule is NCc1ccccc1OCC(=O)N1CCC(CO)CC1. The van der Waals surface area contributed by atoms with E-state index < -0.39 is 0 Å². The average molecular weight is 278 g/mol. The van der Waals surface area contributed by atoms with Gasteiger partial charge in [-0.3, -0.25) is 4.79 Å². The van der Waals surface area contributed by atoms with Gasteiger partial charge in [0.15, 0.2) is 6.61 Å². The van der Waals surface area contributed by atoms with E-state index in [1.807, 2.05) is 24.3 Å². The quantitative estimate of drug-likeness (QED) is 0.833. The highest BCUT2D eigenvalue weighted by Crippen LogP contribution is 2.19. The Balaban J connectivity index is 1.83. The van der Waals surface area contributed by atoms with Gasteiger partial charge in [-0.25, -0.2) is 0 Å². The molecule has 1 fully saturated rings. The molecule has 3 N–H and O–H groups in total. The fourth-order valence-electron chi connectivity index (χ4n) is 2.41. The molecular weight excluding hydrogens is 256 g/mol. The number of benzene rings is 1. The zero-order valence-corrected chi connectivity index (χ0v) is 11.6. The number of hydrogen-bond acceptors (Lipinski definition) is 4. The first-order valence-electron chi connectivity index (χ1n) is 7.04. The number of aliphatic hydroxyl groups is 1. The highest BCUT2D eigenvalue weighted by molar-refractivity contribution is 5.77. The Kier molecular flexibility index (Phi) is 5.38. The van der Waals surface area contributed by atoms with Crippen LogP contribution in [0.3, 0.4) is 0 Å². The topological polar surface area (TPSA) is 75.8 Å². The molecule has 1 aromatic carbocycles. The Morgan fingerprint density at radius 3 is 2.70 bits per heavy atom. The maximum absolute atomic E-state index is 12.1. The summed E-state index contributed by atoms with van der Waals surface area (Å²) in [5, 5.41) is 9.09. The van der Waals surface area contributed by atoms with E-state index in [2.05, 4.69) is 0 Å². The number of ether oxygens (including phenoxy) is 1. The highest BCUT2D eigenvalue weighted by atomic mass is 16.5. The lowest BCUT2D eigenvalue weighted by Gasteiger charge is -2.31. The number of rotatable bonds is 5. The lowest BCUT2D eigenvalue weighted by molar-refractivity contribution is -0.135. The van der Waals surface area contributed by atoms with Crippen molar-refractivity contribution >= 4 is 5.91 Å². The van der Waals surface area contributed by atoms with Crippen LogP contribution in [0.4, 0.5) is 0 Å². The number of piperidine rings is 1. The van der Waals surface area contributed by atoms with Crippen molar-refractivity contribution in [3.63, 3.8) is 0 Å². The third-order valence-electron chi connectivity index (χ3n) is 3.77. The van der Waals surface area contributed by atoms with Gasteiger partial charge in [0.1, 0.15) is 5.75 Å². The van der Waals surface area contributed by atoms with Gasteiger partial charge in [-0.1, -0.05) is 18.2 Å². The zero-order chi connectivity index (χ0) is 14.4. The first-order valence-corrected chi connectivity index (χ1v) is 7.04. The Labute approximate surface area is 119 Å². The number of likely N-dealkylation sites (tertiary alicyclic amines) is 1. The predicted octanol–water partition coefficient (Wildman–Crippen LogP) is 0.755. The van der Waals surface area contributed by atoms with Crippen molar-refractivity contribution in [1.82, 2.24) is 4.90 Å². The molecule has 0 unspecified atom stereocenters. The van der Waals surface area contributed by atoms with Gasteiger partial charge in [0.25, 0.3) is 5.91 Å². The minimum atomic E-state index is -0.00628. The van der Waals surface area contributed by atoms with E-state index in [4.69, 9.17) is 15.6 Å². The van der Waals surface area contributed by atoms with Gasteiger partial charge in [0.05, 0.1) is 0 Å². The van der Waals surface area contributed by atoms with E-state index in [0.717, 1.165) is 18.4 Å². The maximum atomic E-state index is 12.1. The maximum Gasteiger partial charge on any atom is 0.260 e. The summed E-state index contributed by atoms with van der Waals surface area (Å²) >= 11 is 0. The van der Waals surface area contributed by atoms with E-state index in [-0.39, 0.29) is 19.1 Å². The van der Waals surface area contributed by atoms with Crippen molar-refractivity contribution in [2.45, 2.75) is 19.4 Å². The number of nitrogens with two attached hydrogens (primary N) is 1. The van der Waals surface area contributed by atoms with Crippen LogP contribution < -0.4 is 10.5 Å². The van der Waals surface area contributed by atoms with Crippen LogP contribution in [0.1, 0.15) is 18.4 Å². The molecule has 5 nitrogen and oxygen atoms in total. The Morgan fingerprint density at radius 1 is 1.35 bits per heavy atom. The number of nitrogens with zero attached hydrogens (tertiary/aromatic N) is 1. The monoisotopic (exact) mass is 278 g/mol. The molecule has 1 saturated heterocycles. The summed E-state index contributed by atoms with van der Waals surface area (Å²) < 4.78 is 5.58. The number of carbonyl (C=O) groups excluding carboxylic acids is 1. The smallest absolute Gasteiger partial charge is 0.260 e. The van der Waals surface area contributed by atoms with Gasteiger partial charge in [0.2, 0.25) is 0 Å². The van der Waals surface area contributed by atoms with Gasteiger partial charge >= 0.3 is 0 Å². The summed E-state index contributed by atoms with van der Waals surface area (Å²) in [7, 11) is 0. The van der Waals surface area contributed by atoms with E-state index in [1.54, 1.807) is 4.90 Å². The minimum Gasteiger partial charge on any atom is -0.483 e. The molecule has 0 aliphatic carbocycles. The second kappa shape index (κ2) is 7.26. The van der Waals surface area contributed by atoms with Crippen LogP contribution in [0.5, 0.6) is 5.75 Å². The second-order valence-electron chi connectivity index (χ2n) is 5.11. The van der Waals surface area contributed by atoms with E-state index in [9.17, 15) is 4.79 Å². The van der Waals surface area contributed by atoms with Crippen molar-refractivity contribution in [1.29, 1.82) is 0 Å². The van der Waals surface area contributed by atoms with Crippen LogP contribution in [0.2, 0.25) is 0 Å². The van der Waals surface area contributed by atoms with Crippen LogP contribution in [-0.2, 0) is 11.3 Å². The Bertz CT molecular complexity index is 442. The molecule has 1 aromatic rings. The Morgan fingerprint density at radius 2 is 2.05 bits per heavy atom. The lowest BCUT2D eigenvalue weighted by atomic mass is 9.98. The van der Waals surface area contributed by atoms with E-state index >= 15 is 0 Å². The molecular formula is C15H22N2O3. The predicted molar refractivity (Wildman–Crippen MR) is 76.2 cm³/mol. The van der Waals surface area contributed by atoms with Gasteiger partial charge in [-0.15, -0.1) is 0 Å². The summed E-state index contributed by atoms with van der Waals surface area (Å²) in [5.74, 6) is 1.000. The summed E-state index contributed by atoms with van der Waals surface area (Å²) in [6, 6.07) is 7.49. The molecule has 0 saturated carbocycles. The summed E-state index contributed by atoms with van der Waals surface area (Å²) in [4.78, 5) is 13.9. The second-order valence-corrected chi connectivity index (χ2v) is 5.11. The van der Waals surface area contributed by atoms with Crippen LogP contribution >= 0.6 is 0 Å². The van der Waals surface area contributed by atoms with Crippen molar-refractivity contribution in [2.75, 3.05) is 26.3 Å². The van der Waals surface area contributed by atoms with Crippen LogP contribution in [0.25, 0.3) is 0 Å². The first-order chi connectivity index (χ1) is 9.74. The fourth-order valence-corrected chi connectivity index (χ4v) is 2.41. The summed E-state index contributed by atoms with van der Waals surface area (Å²) in [5.41, 5.74) is 6.53. The van der Waals surface area contributed by atoms with Gasteiger partial charge in [-0.05, 0) is 24.8 Å². The average Bonchev–Trinajstić information content (AvgIpc) is 2.53. The largest absolute Gasteiger partial charge is 0.483 e. The van der Waals surface area contributed by atoms with Crippen LogP contribution in [-0.4, -0.2) is 42.2 Å². The minimum absolute atomic E-state index is 0.00628. The standard InChI is InChI=1S/C15H22N2O3/c16-9-13-3-1-2-4-14(13)20-11-15(19)17-7-5-12(10-18)6-8-17/h1-4,12,18H,5-11,16H2. The van der Waals surface area contributed by atoms with Gasteiger partial charge in [0, 0.05) is 31.8 Å². The van der Waals surface area contributed by atoms with Crippen molar-refractivity contribution < 1.29 is 14.6 Å². The molecule has 0 spiro atoms. The molecule has 1 aliphatic heterocycles. The molecule has 1 aliphatic rings. The molecule has 20 heavy (non-hydrogen) atoms. The van der Waals surface area contributed by atoms with E-state index in [1.165, 1.54) is 0 Å². The third kappa shape index (κ3) is 3.71. The van der Waals surface area contributed by atoms with Crippen molar-refractivity contribution in [3.05, 3.63) is 29.8 Å². The molecule has 1 amide bonds. The summed E-state index contributed by atoms with van der Waals surface area (Å²) in [6.45, 7) is 2.05. The van der Waals surface area contributed by atoms with Crippen molar-refractivity contribution in [2.24, 2.45) is 11.7 Å². The molecule has 0 bridgehead atoms.